The van der Waals surface area contributed by atoms with Crippen LogP contribution in [0.4, 0.5) is 10.9 Å². The zero-order chi connectivity index (χ0) is 16.8. The summed E-state index contributed by atoms with van der Waals surface area (Å²) in [6.45, 7) is 0.494. The van der Waals surface area contributed by atoms with Gasteiger partial charge in [0.2, 0.25) is 0 Å². The summed E-state index contributed by atoms with van der Waals surface area (Å²) >= 11 is 1.33. The van der Waals surface area contributed by atoms with Crippen molar-refractivity contribution >= 4 is 28.2 Å². The summed E-state index contributed by atoms with van der Waals surface area (Å²) in [6.07, 6.45) is 5.42. The first-order valence-corrected chi connectivity index (χ1v) is 8.13. The topological polar surface area (TPSA) is 100 Å². The highest BCUT2D eigenvalue weighted by Crippen LogP contribution is 2.19. The molecule has 24 heavy (non-hydrogen) atoms. The van der Waals surface area contributed by atoms with E-state index in [-0.39, 0.29) is 11.7 Å². The minimum atomic E-state index is -0.225. The van der Waals surface area contributed by atoms with Crippen molar-refractivity contribution in [2.24, 2.45) is 0 Å². The number of rotatable bonds is 6. The maximum Gasteiger partial charge on any atom is 0.270 e. The fraction of sp³-hybridized carbons (Fsp3) is 0.125. The van der Waals surface area contributed by atoms with Crippen molar-refractivity contribution in [2.75, 3.05) is 11.9 Å². The number of nitrogens with zero attached hydrogens (tertiary/aromatic N) is 3. The lowest BCUT2D eigenvalue weighted by Gasteiger charge is -2.04. The number of aromatic nitrogens is 3. The van der Waals surface area contributed by atoms with Gasteiger partial charge in [-0.1, -0.05) is 12.1 Å². The smallest absolute Gasteiger partial charge is 0.270 e. The van der Waals surface area contributed by atoms with E-state index >= 15 is 0 Å². The predicted octanol–water partition coefficient (Wildman–Crippen LogP) is 2.35. The largest absolute Gasteiger partial charge is 0.508 e. The van der Waals surface area contributed by atoms with Crippen LogP contribution in [-0.4, -0.2) is 32.5 Å². The molecule has 0 aliphatic rings. The Labute approximate surface area is 142 Å². The molecule has 1 aromatic carbocycles. The van der Waals surface area contributed by atoms with Gasteiger partial charge in [0.15, 0.2) is 10.9 Å². The number of phenols is 1. The van der Waals surface area contributed by atoms with E-state index in [1.165, 1.54) is 11.3 Å². The molecule has 1 amide bonds. The molecule has 0 aliphatic heterocycles. The fourth-order valence-corrected chi connectivity index (χ4v) is 2.68. The van der Waals surface area contributed by atoms with E-state index in [1.54, 1.807) is 36.1 Å². The van der Waals surface area contributed by atoms with Crippen LogP contribution in [-0.2, 0) is 6.42 Å². The maximum absolute atomic E-state index is 12.1. The molecular formula is C16H15N5O2S. The van der Waals surface area contributed by atoms with Gasteiger partial charge in [-0.25, -0.2) is 9.97 Å². The quantitative estimate of drug-likeness (QED) is 0.636. The fourth-order valence-electron chi connectivity index (χ4n) is 1.98. The molecule has 0 aliphatic carbocycles. The summed E-state index contributed by atoms with van der Waals surface area (Å²) in [5.41, 5.74) is 1.40. The third-order valence-electron chi connectivity index (χ3n) is 3.17. The number of hydrogen-bond donors (Lipinski definition) is 3. The molecule has 2 heterocycles. The second kappa shape index (κ2) is 7.51. The van der Waals surface area contributed by atoms with Crippen molar-refractivity contribution in [3.63, 3.8) is 0 Å². The van der Waals surface area contributed by atoms with Gasteiger partial charge in [-0.3, -0.25) is 9.78 Å². The van der Waals surface area contributed by atoms with Gasteiger partial charge in [-0.15, -0.1) is 11.3 Å². The van der Waals surface area contributed by atoms with Crippen molar-refractivity contribution in [2.45, 2.75) is 6.42 Å². The molecule has 2 aromatic heterocycles. The monoisotopic (exact) mass is 341 g/mol. The van der Waals surface area contributed by atoms with Crippen LogP contribution in [0.3, 0.4) is 0 Å². The maximum atomic E-state index is 12.1. The zero-order valence-corrected chi connectivity index (χ0v) is 13.5. The van der Waals surface area contributed by atoms with Crippen LogP contribution in [0.25, 0.3) is 0 Å². The number of carbonyl (C=O) groups is 1. The third-order valence-corrected chi connectivity index (χ3v) is 3.93. The molecule has 8 heteroatoms. The third kappa shape index (κ3) is 4.26. The van der Waals surface area contributed by atoms with Crippen LogP contribution < -0.4 is 10.6 Å². The van der Waals surface area contributed by atoms with Crippen molar-refractivity contribution in [3.8, 4) is 5.75 Å². The molecule has 3 aromatic rings. The van der Waals surface area contributed by atoms with Crippen LogP contribution in [0, 0.1) is 0 Å². The minimum absolute atomic E-state index is 0.225. The average Bonchev–Trinajstić information content (AvgIpc) is 3.06. The molecule has 3 rings (SSSR count). The van der Waals surface area contributed by atoms with Crippen LogP contribution in [0.1, 0.15) is 16.1 Å². The molecule has 0 fully saturated rings. The molecule has 122 valence electrons. The number of carbonyl (C=O) groups excluding carboxylic acids is 1. The predicted molar refractivity (Wildman–Crippen MR) is 91.6 cm³/mol. The highest BCUT2D eigenvalue weighted by Gasteiger charge is 2.10. The second-order valence-electron chi connectivity index (χ2n) is 4.93. The SMILES string of the molecule is O=C(NCCc1ccc(O)cc1)c1csc(Nc2cnccn2)n1. The lowest BCUT2D eigenvalue weighted by Crippen LogP contribution is -2.25. The molecule has 0 unspecified atom stereocenters. The van der Waals surface area contributed by atoms with Gasteiger partial charge in [-0.2, -0.15) is 0 Å². The summed E-state index contributed by atoms with van der Waals surface area (Å²) in [4.78, 5) is 24.4. The van der Waals surface area contributed by atoms with Gasteiger partial charge in [0.1, 0.15) is 11.4 Å². The zero-order valence-electron chi connectivity index (χ0n) is 12.6. The number of thiazole rings is 1. The van der Waals surface area contributed by atoms with E-state index in [0.29, 0.717) is 29.6 Å². The Morgan fingerprint density at radius 2 is 2.04 bits per heavy atom. The van der Waals surface area contributed by atoms with Gasteiger partial charge >= 0.3 is 0 Å². The number of hydrogen-bond acceptors (Lipinski definition) is 7. The molecule has 0 saturated carbocycles. The van der Waals surface area contributed by atoms with E-state index in [2.05, 4.69) is 25.6 Å². The highest BCUT2D eigenvalue weighted by atomic mass is 32.1. The van der Waals surface area contributed by atoms with Crippen LogP contribution in [0.2, 0.25) is 0 Å². The summed E-state index contributed by atoms with van der Waals surface area (Å²) in [5, 5.41) is 17.3. The number of phenolic OH excluding ortho intramolecular Hbond substituents is 1. The molecule has 0 spiro atoms. The molecular weight excluding hydrogens is 326 g/mol. The van der Waals surface area contributed by atoms with Gasteiger partial charge in [0, 0.05) is 24.3 Å². The lowest BCUT2D eigenvalue weighted by atomic mass is 10.1. The number of amides is 1. The van der Waals surface area contributed by atoms with Crippen LogP contribution in [0.5, 0.6) is 5.75 Å². The number of nitrogens with one attached hydrogen (secondary N) is 2. The summed E-state index contributed by atoms with van der Waals surface area (Å²) in [5.74, 6) is 0.580. The Kier molecular flexibility index (Phi) is 4.97. The van der Waals surface area contributed by atoms with E-state index < -0.39 is 0 Å². The van der Waals surface area contributed by atoms with Crippen molar-refractivity contribution < 1.29 is 9.90 Å². The Bertz CT molecular complexity index is 805. The van der Waals surface area contributed by atoms with E-state index in [1.807, 2.05) is 12.1 Å². The van der Waals surface area contributed by atoms with E-state index in [4.69, 9.17) is 0 Å². The molecule has 0 bridgehead atoms. The number of benzene rings is 1. The van der Waals surface area contributed by atoms with Gasteiger partial charge < -0.3 is 15.7 Å². The van der Waals surface area contributed by atoms with E-state index in [9.17, 15) is 9.90 Å². The Morgan fingerprint density at radius 3 is 2.79 bits per heavy atom. The molecule has 0 atom stereocenters. The molecule has 0 saturated heterocycles. The molecule has 0 radical (unpaired) electrons. The first-order valence-electron chi connectivity index (χ1n) is 7.25. The highest BCUT2D eigenvalue weighted by molar-refractivity contribution is 7.14. The van der Waals surface area contributed by atoms with Gasteiger partial charge in [0.05, 0.1) is 6.20 Å². The van der Waals surface area contributed by atoms with Gasteiger partial charge in [-0.05, 0) is 24.1 Å². The first-order chi connectivity index (χ1) is 11.7. The normalized spacial score (nSPS) is 10.3. The Hall–Kier alpha value is -3.00. The standard InChI is InChI=1S/C16H15N5O2S/c22-12-3-1-11(2-4-12)5-6-19-15(23)13-10-24-16(20-13)21-14-9-17-7-8-18-14/h1-4,7-10,22H,5-6H2,(H,19,23)(H,18,20,21). The van der Waals surface area contributed by atoms with Crippen molar-refractivity contribution in [1.82, 2.24) is 20.3 Å². The van der Waals surface area contributed by atoms with Crippen molar-refractivity contribution in [1.29, 1.82) is 0 Å². The Balaban J connectivity index is 1.51. The second-order valence-corrected chi connectivity index (χ2v) is 5.78. The summed E-state index contributed by atoms with van der Waals surface area (Å²) in [6, 6.07) is 6.91. The molecule has 7 nitrogen and oxygen atoms in total. The summed E-state index contributed by atoms with van der Waals surface area (Å²) in [7, 11) is 0. The lowest BCUT2D eigenvalue weighted by molar-refractivity contribution is 0.0950. The minimum Gasteiger partial charge on any atom is -0.508 e. The summed E-state index contributed by atoms with van der Waals surface area (Å²) < 4.78 is 0. The van der Waals surface area contributed by atoms with Crippen molar-refractivity contribution in [3.05, 3.63) is 59.5 Å². The van der Waals surface area contributed by atoms with Crippen LogP contribution >= 0.6 is 11.3 Å². The number of aromatic hydroxyl groups is 1. The molecule has 3 N–H and O–H groups in total. The number of anilines is 2. The van der Waals surface area contributed by atoms with Gasteiger partial charge in [0.25, 0.3) is 5.91 Å². The van der Waals surface area contributed by atoms with E-state index in [0.717, 1.165) is 5.56 Å². The van der Waals surface area contributed by atoms with Crippen LogP contribution in [0.15, 0.2) is 48.2 Å². The average molecular weight is 341 g/mol. The first kappa shape index (κ1) is 15.9. The Morgan fingerprint density at radius 1 is 1.21 bits per heavy atom.